The highest BCUT2D eigenvalue weighted by Crippen LogP contribution is 2.39. The number of benzene rings is 1. The Morgan fingerprint density at radius 1 is 1.06 bits per heavy atom. The normalized spacial score (nSPS) is 21.0. The standard InChI is InChI=1S/C26H24N6O/c33-18-19-9-11-26(12-10-19,31-14-1-2-15-31)24-8-7-23-25(28-24)32(30-29-23)17-20-5-6-22-21(16-20)4-3-13-27-22/h3-11,13,16,18H,1-2,12,14-15,17H2. The van der Waals surface area contributed by atoms with Gasteiger partial charge in [0.1, 0.15) is 11.8 Å². The Labute approximate surface area is 191 Å². The van der Waals surface area contributed by atoms with Crippen LogP contribution in [0.25, 0.3) is 22.1 Å². The van der Waals surface area contributed by atoms with E-state index in [0.717, 1.165) is 64.7 Å². The fourth-order valence-corrected chi connectivity index (χ4v) is 5.03. The molecule has 1 unspecified atom stereocenters. The molecule has 7 heteroatoms. The van der Waals surface area contributed by atoms with Gasteiger partial charge in [-0.3, -0.25) is 14.7 Å². The first-order valence-electron chi connectivity index (χ1n) is 11.4. The van der Waals surface area contributed by atoms with Crippen molar-refractivity contribution in [3.63, 3.8) is 0 Å². The molecule has 4 aromatic rings. The number of hydrogen-bond acceptors (Lipinski definition) is 6. The van der Waals surface area contributed by atoms with Crippen molar-refractivity contribution in [2.75, 3.05) is 13.1 Å². The van der Waals surface area contributed by atoms with Gasteiger partial charge in [0.2, 0.25) is 0 Å². The van der Waals surface area contributed by atoms with Crippen molar-refractivity contribution in [2.45, 2.75) is 31.3 Å². The summed E-state index contributed by atoms with van der Waals surface area (Å²) in [5.74, 6) is 0. The minimum atomic E-state index is -0.346. The molecule has 1 saturated heterocycles. The molecule has 0 amide bonds. The SMILES string of the molecule is O=CC1=CCC(c2ccc3nnn(Cc4ccc5ncccc5c4)c3n2)(N2CCCC2)C=C1. The van der Waals surface area contributed by atoms with Crippen LogP contribution in [0.3, 0.4) is 0 Å². The van der Waals surface area contributed by atoms with E-state index in [9.17, 15) is 4.79 Å². The number of nitrogens with zero attached hydrogens (tertiary/aromatic N) is 6. The summed E-state index contributed by atoms with van der Waals surface area (Å²) in [6.07, 6.45) is 11.9. The molecule has 2 aliphatic rings. The second-order valence-corrected chi connectivity index (χ2v) is 8.79. The van der Waals surface area contributed by atoms with Gasteiger partial charge in [-0.25, -0.2) is 9.67 Å². The molecule has 0 bridgehead atoms. The minimum Gasteiger partial charge on any atom is -0.298 e. The van der Waals surface area contributed by atoms with Crippen LogP contribution < -0.4 is 0 Å². The summed E-state index contributed by atoms with van der Waals surface area (Å²) in [5, 5.41) is 9.86. The van der Waals surface area contributed by atoms with Crippen LogP contribution in [0.4, 0.5) is 0 Å². The first-order chi connectivity index (χ1) is 16.2. The predicted octanol–water partition coefficient (Wildman–Crippen LogP) is 3.80. The molecule has 7 nitrogen and oxygen atoms in total. The molecule has 3 aromatic heterocycles. The Morgan fingerprint density at radius 2 is 1.94 bits per heavy atom. The fourth-order valence-electron chi connectivity index (χ4n) is 5.03. The average molecular weight is 437 g/mol. The van der Waals surface area contributed by atoms with E-state index in [4.69, 9.17) is 4.98 Å². The second kappa shape index (κ2) is 8.01. The van der Waals surface area contributed by atoms with E-state index in [0.29, 0.717) is 6.54 Å². The largest absolute Gasteiger partial charge is 0.298 e. The van der Waals surface area contributed by atoms with Crippen LogP contribution in [0.1, 0.15) is 30.5 Å². The summed E-state index contributed by atoms with van der Waals surface area (Å²) in [6.45, 7) is 2.63. The third kappa shape index (κ3) is 3.45. The van der Waals surface area contributed by atoms with Crippen molar-refractivity contribution in [3.8, 4) is 0 Å². The lowest BCUT2D eigenvalue weighted by Crippen LogP contribution is -2.44. The van der Waals surface area contributed by atoms with Gasteiger partial charge in [0.05, 0.1) is 23.3 Å². The first-order valence-corrected chi connectivity index (χ1v) is 11.4. The lowest BCUT2D eigenvalue weighted by molar-refractivity contribution is -0.104. The average Bonchev–Trinajstić information content (AvgIpc) is 3.55. The minimum absolute atomic E-state index is 0.346. The van der Waals surface area contributed by atoms with Gasteiger partial charge in [-0.15, -0.1) is 5.10 Å². The van der Waals surface area contributed by atoms with Crippen molar-refractivity contribution in [1.29, 1.82) is 0 Å². The first kappa shape index (κ1) is 19.9. The van der Waals surface area contributed by atoms with Crippen LogP contribution in [-0.2, 0) is 16.9 Å². The maximum atomic E-state index is 11.3. The molecule has 0 radical (unpaired) electrons. The van der Waals surface area contributed by atoms with Crippen molar-refractivity contribution >= 4 is 28.4 Å². The third-order valence-electron chi connectivity index (χ3n) is 6.81. The number of carbonyl (C=O) groups excluding carboxylic acids is 1. The van der Waals surface area contributed by atoms with Gasteiger partial charge in [-0.05, 0) is 68.2 Å². The maximum absolute atomic E-state index is 11.3. The Kier molecular flexibility index (Phi) is 4.84. The van der Waals surface area contributed by atoms with Crippen molar-refractivity contribution < 1.29 is 4.79 Å². The molecule has 1 aromatic carbocycles. The number of carbonyl (C=O) groups is 1. The molecular weight excluding hydrogens is 412 g/mol. The molecule has 0 N–H and O–H groups in total. The highest BCUT2D eigenvalue weighted by atomic mass is 16.1. The van der Waals surface area contributed by atoms with Crippen molar-refractivity contribution in [3.05, 3.63) is 83.7 Å². The second-order valence-electron chi connectivity index (χ2n) is 8.79. The van der Waals surface area contributed by atoms with E-state index in [1.165, 1.54) is 12.8 Å². The van der Waals surface area contributed by atoms with Gasteiger partial charge >= 0.3 is 0 Å². The summed E-state index contributed by atoms with van der Waals surface area (Å²) >= 11 is 0. The highest BCUT2D eigenvalue weighted by Gasteiger charge is 2.39. The fraction of sp³-hybridized carbons (Fsp3) is 0.269. The molecule has 1 aliphatic carbocycles. The summed E-state index contributed by atoms with van der Waals surface area (Å²) in [5.41, 5.74) is 5.01. The Bertz CT molecular complexity index is 1410. The van der Waals surface area contributed by atoms with E-state index in [1.807, 2.05) is 41.2 Å². The summed E-state index contributed by atoms with van der Waals surface area (Å²) < 4.78 is 1.87. The monoisotopic (exact) mass is 436 g/mol. The molecule has 33 heavy (non-hydrogen) atoms. The van der Waals surface area contributed by atoms with E-state index < -0.39 is 0 Å². The number of rotatable bonds is 5. The third-order valence-corrected chi connectivity index (χ3v) is 6.81. The van der Waals surface area contributed by atoms with Crippen LogP contribution in [-0.4, -0.2) is 49.2 Å². The smallest absolute Gasteiger partial charge is 0.179 e. The van der Waals surface area contributed by atoms with Crippen LogP contribution in [0.15, 0.2) is 72.5 Å². The van der Waals surface area contributed by atoms with E-state index in [-0.39, 0.29) is 5.54 Å². The predicted molar refractivity (Wildman–Crippen MR) is 127 cm³/mol. The molecule has 0 saturated carbocycles. The number of pyridine rings is 2. The van der Waals surface area contributed by atoms with Crippen molar-refractivity contribution in [1.82, 2.24) is 29.9 Å². The van der Waals surface area contributed by atoms with Gasteiger partial charge in [0, 0.05) is 17.2 Å². The Hall–Kier alpha value is -3.71. The lowest BCUT2D eigenvalue weighted by atomic mass is 9.83. The summed E-state index contributed by atoms with van der Waals surface area (Å²) in [7, 11) is 0. The van der Waals surface area contributed by atoms with E-state index in [1.54, 1.807) is 0 Å². The zero-order valence-electron chi connectivity index (χ0n) is 18.3. The molecular formula is C26H24N6O. The molecule has 164 valence electrons. The number of allylic oxidation sites excluding steroid dienone is 2. The molecule has 1 atom stereocenters. The number of aldehydes is 1. The van der Waals surface area contributed by atoms with Gasteiger partial charge < -0.3 is 0 Å². The highest BCUT2D eigenvalue weighted by molar-refractivity contribution is 5.79. The summed E-state index contributed by atoms with van der Waals surface area (Å²) in [6, 6.07) is 14.3. The summed E-state index contributed by atoms with van der Waals surface area (Å²) in [4.78, 5) is 23.3. The number of hydrogen-bond donors (Lipinski definition) is 0. The molecule has 1 fully saturated rings. The molecule has 4 heterocycles. The zero-order chi connectivity index (χ0) is 22.3. The number of fused-ring (bicyclic) bond motifs is 2. The van der Waals surface area contributed by atoms with Crippen molar-refractivity contribution in [2.24, 2.45) is 0 Å². The lowest BCUT2D eigenvalue weighted by Gasteiger charge is -2.40. The Balaban J connectivity index is 1.40. The topological polar surface area (TPSA) is 76.8 Å². The van der Waals surface area contributed by atoms with Gasteiger partial charge in [-0.2, -0.15) is 0 Å². The van der Waals surface area contributed by atoms with Gasteiger partial charge in [0.25, 0.3) is 0 Å². The number of likely N-dealkylation sites (tertiary alicyclic amines) is 1. The quantitative estimate of drug-likeness (QED) is 0.443. The molecule has 6 rings (SSSR count). The molecule has 1 aliphatic heterocycles. The van der Waals surface area contributed by atoms with Crippen LogP contribution in [0, 0.1) is 0 Å². The Morgan fingerprint density at radius 3 is 2.76 bits per heavy atom. The zero-order valence-corrected chi connectivity index (χ0v) is 18.3. The maximum Gasteiger partial charge on any atom is 0.179 e. The molecule has 0 spiro atoms. The number of aromatic nitrogens is 5. The van der Waals surface area contributed by atoms with Gasteiger partial charge in [0.15, 0.2) is 5.65 Å². The van der Waals surface area contributed by atoms with Crippen LogP contribution in [0.5, 0.6) is 0 Å². The van der Waals surface area contributed by atoms with E-state index >= 15 is 0 Å². The van der Waals surface area contributed by atoms with E-state index in [2.05, 4.69) is 50.5 Å². The van der Waals surface area contributed by atoms with Gasteiger partial charge in [-0.1, -0.05) is 35.6 Å². The van der Waals surface area contributed by atoms with Crippen LogP contribution >= 0.6 is 0 Å². The van der Waals surface area contributed by atoms with Crippen LogP contribution in [0.2, 0.25) is 0 Å².